The molecule has 3 rings (SSSR count). The third-order valence-electron chi connectivity index (χ3n) is 2.83. The summed E-state index contributed by atoms with van der Waals surface area (Å²) in [5.41, 5.74) is 3.39. The van der Waals surface area contributed by atoms with E-state index in [-0.39, 0.29) is 0 Å². The van der Waals surface area contributed by atoms with Crippen LogP contribution in [-0.2, 0) is 12.8 Å². The van der Waals surface area contributed by atoms with Crippen LogP contribution >= 0.6 is 27.5 Å². The summed E-state index contributed by atoms with van der Waals surface area (Å²) in [7, 11) is 0. The first-order valence-corrected chi connectivity index (χ1v) is 6.06. The maximum absolute atomic E-state index is 6.09. The standard InChI is InChI=1S/C11H8BrClN2/c12-8-5-11-7(4-9(8)13)6-2-1-3-10(6)14-15-11/h4-5H,1-3H2. The van der Waals surface area contributed by atoms with Crippen molar-refractivity contribution in [2.24, 2.45) is 0 Å². The molecule has 1 aromatic heterocycles. The second-order valence-electron chi connectivity index (χ2n) is 3.76. The zero-order valence-electron chi connectivity index (χ0n) is 7.93. The van der Waals surface area contributed by atoms with Crippen molar-refractivity contribution in [1.82, 2.24) is 10.2 Å². The van der Waals surface area contributed by atoms with Gasteiger partial charge >= 0.3 is 0 Å². The van der Waals surface area contributed by atoms with Crippen LogP contribution in [0.5, 0.6) is 0 Å². The van der Waals surface area contributed by atoms with Crippen LogP contribution in [0.2, 0.25) is 5.02 Å². The summed E-state index contributed by atoms with van der Waals surface area (Å²) in [6, 6.07) is 3.92. The molecule has 15 heavy (non-hydrogen) atoms. The van der Waals surface area contributed by atoms with Gasteiger partial charge in [-0.05, 0) is 52.9 Å². The summed E-state index contributed by atoms with van der Waals surface area (Å²) < 4.78 is 0.879. The molecule has 1 aromatic carbocycles. The van der Waals surface area contributed by atoms with Crippen molar-refractivity contribution in [3.8, 4) is 0 Å². The van der Waals surface area contributed by atoms with Gasteiger partial charge in [0.25, 0.3) is 0 Å². The molecule has 0 radical (unpaired) electrons. The lowest BCUT2D eigenvalue weighted by Gasteiger charge is -2.04. The van der Waals surface area contributed by atoms with Gasteiger partial charge in [0.1, 0.15) is 0 Å². The molecule has 76 valence electrons. The fraction of sp³-hybridized carbons (Fsp3) is 0.273. The number of halogens is 2. The monoisotopic (exact) mass is 282 g/mol. The fourth-order valence-electron chi connectivity index (χ4n) is 2.10. The van der Waals surface area contributed by atoms with Crippen molar-refractivity contribution in [1.29, 1.82) is 0 Å². The normalized spacial score (nSPS) is 14.5. The van der Waals surface area contributed by atoms with Crippen molar-refractivity contribution in [2.75, 3.05) is 0 Å². The number of hydrogen-bond acceptors (Lipinski definition) is 2. The smallest absolute Gasteiger partial charge is 0.0944 e. The van der Waals surface area contributed by atoms with Gasteiger partial charge in [-0.2, -0.15) is 10.2 Å². The van der Waals surface area contributed by atoms with E-state index in [0.717, 1.165) is 38.9 Å². The molecule has 0 unspecified atom stereocenters. The quantitative estimate of drug-likeness (QED) is 0.739. The van der Waals surface area contributed by atoms with Gasteiger partial charge in [0, 0.05) is 9.86 Å². The number of fused-ring (bicyclic) bond motifs is 3. The van der Waals surface area contributed by atoms with E-state index in [9.17, 15) is 0 Å². The van der Waals surface area contributed by atoms with E-state index in [4.69, 9.17) is 11.6 Å². The predicted molar refractivity (Wildman–Crippen MR) is 64.3 cm³/mol. The Morgan fingerprint density at radius 1 is 1.20 bits per heavy atom. The zero-order valence-corrected chi connectivity index (χ0v) is 10.3. The minimum atomic E-state index is 0.740. The van der Waals surface area contributed by atoms with Crippen LogP contribution in [0, 0.1) is 0 Å². The number of nitrogens with zero attached hydrogens (tertiary/aromatic N) is 2. The van der Waals surface area contributed by atoms with Crippen LogP contribution in [0.3, 0.4) is 0 Å². The Balaban J connectivity index is 2.40. The molecule has 0 spiro atoms. The highest BCUT2D eigenvalue weighted by Gasteiger charge is 2.17. The second-order valence-corrected chi connectivity index (χ2v) is 5.02. The highest BCUT2D eigenvalue weighted by Crippen LogP contribution is 2.32. The van der Waals surface area contributed by atoms with Crippen LogP contribution in [0.25, 0.3) is 10.9 Å². The van der Waals surface area contributed by atoms with Gasteiger partial charge in [-0.15, -0.1) is 0 Å². The van der Waals surface area contributed by atoms with Gasteiger partial charge < -0.3 is 0 Å². The maximum Gasteiger partial charge on any atom is 0.0944 e. The van der Waals surface area contributed by atoms with Gasteiger partial charge in [0.2, 0.25) is 0 Å². The molecule has 0 bridgehead atoms. The lowest BCUT2D eigenvalue weighted by Crippen LogP contribution is -1.94. The lowest BCUT2D eigenvalue weighted by molar-refractivity contribution is 0.882. The van der Waals surface area contributed by atoms with Crippen LogP contribution in [0.4, 0.5) is 0 Å². The van der Waals surface area contributed by atoms with E-state index in [1.807, 2.05) is 12.1 Å². The molecule has 0 saturated carbocycles. The van der Waals surface area contributed by atoms with E-state index in [0.29, 0.717) is 0 Å². The Morgan fingerprint density at radius 3 is 2.93 bits per heavy atom. The van der Waals surface area contributed by atoms with Crippen LogP contribution in [0.1, 0.15) is 17.7 Å². The van der Waals surface area contributed by atoms with Crippen molar-refractivity contribution in [3.05, 3.63) is 32.9 Å². The minimum absolute atomic E-state index is 0.740. The molecule has 2 aromatic rings. The molecule has 4 heteroatoms. The van der Waals surface area contributed by atoms with Crippen molar-refractivity contribution < 1.29 is 0 Å². The number of hydrogen-bond donors (Lipinski definition) is 0. The fourth-order valence-corrected chi connectivity index (χ4v) is 2.60. The Labute approximate surface area is 101 Å². The molecular formula is C11H8BrClN2. The molecule has 1 heterocycles. The zero-order chi connectivity index (χ0) is 10.4. The number of aryl methyl sites for hydroxylation is 2. The van der Waals surface area contributed by atoms with E-state index < -0.39 is 0 Å². The maximum atomic E-state index is 6.09. The minimum Gasteiger partial charge on any atom is -0.155 e. The third kappa shape index (κ3) is 1.45. The third-order valence-corrected chi connectivity index (χ3v) is 4.03. The Hall–Kier alpha value is -0.670. The van der Waals surface area contributed by atoms with E-state index in [2.05, 4.69) is 26.1 Å². The second kappa shape index (κ2) is 3.42. The van der Waals surface area contributed by atoms with Crippen molar-refractivity contribution in [3.63, 3.8) is 0 Å². The van der Waals surface area contributed by atoms with Gasteiger partial charge in [-0.3, -0.25) is 0 Å². The molecule has 0 fully saturated rings. The molecule has 1 aliphatic carbocycles. The molecule has 2 nitrogen and oxygen atoms in total. The molecular weight excluding hydrogens is 275 g/mol. The van der Waals surface area contributed by atoms with Crippen LogP contribution in [-0.4, -0.2) is 10.2 Å². The van der Waals surface area contributed by atoms with E-state index in [1.54, 1.807) is 0 Å². The Bertz CT molecular complexity index is 554. The molecule has 0 N–H and O–H groups in total. The molecule has 0 amide bonds. The van der Waals surface area contributed by atoms with E-state index >= 15 is 0 Å². The highest BCUT2D eigenvalue weighted by atomic mass is 79.9. The van der Waals surface area contributed by atoms with Crippen molar-refractivity contribution in [2.45, 2.75) is 19.3 Å². The van der Waals surface area contributed by atoms with Gasteiger partial charge in [-0.1, -0.05) is 11.6 Å². The molecule has 0 aliphatic heterocycles. The SMILES string of the molecule is Clc1cc2c3c(nnc2cc1Br)CCC3. The van der Waals surface area contributed by atoms with Gasteiger partial charge in [0.05, 0.1) is 16.2 Å². The largest absolute Gasteiger partial charge is 0.155 e. The van der Waals surface area contributed by atoms with E-state index in [1.165, 1.54) is 12.0 Å². The van der Waals surface area contributed by atoms with Gasteiger partial charge in [0.15, 0.2) is 0 Å². The number of rotatable bonds is 0. The van der Waals surface area contributed by atoms with Crippen LogP contribution < -0.4 is 0 Å². The van der Waals surface area contributed by atoms with Crippen LogP contribution in [0.15, 0.2) is 16.6 Å². The predicted octanol–water partition coefficient (Wildman–Crippen LogP) is 3.53. The first kappa shape index (κ1) is 9.55. The molecule has 0 atom stereocenters. The highest BCUT2D eigenvalue weighted by molar-refractivity contribution is 9.10. The topological polar surface area (TPSA) is 25.8 Å². The summed E-state index contributed by atoms with van der Waals surface area (Å²) in [6.07, 6.45) is 3.32. The van der Waals surface area contributed by atoms with Crippen molar-refractivity contribution >= 4 is 38.4 Å². The Kier molecular flexibility index (Phi) is 2.18. The number of benzene rings is 1. The summed E-state index contributed by atoms with van der Waals surface area (Å²) in [6.45, 7) is 0. The summed E-state index contributed by atoms with van der Waals surface area (Å²) >= 11 is 9.49. The average molecular weight is 284 g/mol. The summed E-state index contributed by atoms with van der Waals surface area (Å²) in [4.78, 5) is 0. The summed E-state index contributed by atoms with van der Waals surface area (Å²) in [5, 5.41) is 10.4. The lowest BCUT2D eigenvalue weighted by atomic mass is 10.1. The summed E-state index contributed by atoms with van der Waals surface area (Å²) in [5.74, 6) is 0. The Morgan fingerprint density at radius 2 is 2.07 bits per heavy atom. The first-order valence-electron chi connectivity index (χ1n) is 4.89. The van der Waals surface area contributed by atoms with Gasteiger partial charge in [-0.25, -0.2) is 0 Å². The number of aromatic nitrogens is 2. The first-order chi connectivity index (χ1) is 7.25. The molecule has 0 saturated heterocycles. The molecule has 1 aliphatic rings. The average Bonchev–Trinajstić information content (AvgIpc) is 2.68.